The zero-order valence-electron chi connectivity index (χ0n) is 5.97. The van der Waals surface area contributed by atoms with E-state index in [9.17, 15) is 4.79 Å². The average Bonchev–Trinajstić information content (AvgIpc) is 1.99. The summed E-state index contributed by atoms with van der Waals surface area (Å²) in [5, 5.41) is 34.0. The molecule has 5 heteroatoms. The summed E-state index contributed by atoms with van der Waals surface area (Å²) in [5.74, 6) is -3.07. The lowest BCUT2D eigenvalue weighted by atomic mass is 9.95. The van der Waals surface area contributed by atoms with E-state index in [1.807, 2.05) is 0 Å². The van der Waals surface area contributed by atoms with Crippen LogP contribution in [-0.4, -0.2) is 46.2 Å². The zero-order valence-corrected chi connectivity index (χ0v) is 5.97. The van der Waals surface area contributed by atoms with E-state index in [1.54, 1.807) is 0 Å². The van der Waals surface area contributed by atoms with Gasteiger partial charge in [0.15, 0.2) is 0 Å². The van der Waals surface area contributed by atoms with E-state index in [0.717, 1.165) is 0 Å². The van der Waals surface area contributed by atoms with Gasteiger partial charge < -0.3 is 20.4 Å². The number of aliphatic hydroxyl groups excluding tert-OH is 3. The zero-order chi connectivity index (χ0) is 8.85. The molecule has 0 saturated heterocycles. The Kier molecular flexibility index (Phi) is 4.76. The van der Waals surface area contributed by atoms with Crippen LogP contribution in [0, 0.1) is 11.8 Å². The minimum Gasteiger partial charge on any atom is -0.481 e. The van der Waals surface area contributed by atoms with Crippen LogP contribution < -0.4 is 0 Å². The molecule has 66 valence electrons. The van der Waals surface area contributed by atoms with Crippen molar-refractivity contribution in [1.82, 2.24) is 0 Å². The van der Waals surface area contributed by atoms with Crippen molar-refractivity contribution in [2.45, 2.75) is 0 Å². The molecule has 1 atom stereocenters. The van der Waals surface area contributed by atoms with Gasteiger partial charge in [-0.05, 0) is 0 Å². The topological polar surface area (TPSA) is 98.0 Å². The lowest BCUT2D eigenvalue weighted by Crippen LogP contribution is -2.31. The van der Waals surface area contributed by atoms with Crippen molar-refractivity contribution < 1.29 is 25.2 Å². The predicted molar refractivity (Wildman–Crippen MR) is 35.9 cm³/mol. The predicted octanol–water partition coefficient (Wildman–Crippen LogP) is -1.72. The molecular weight excluding hydrogens is 152 g/mol. The fourth-order valence-corrected chi connectivity index (χ4v) is 0.741. The van der Waals surface area contributed by atoms with Crippen molar-refractivity contribution >= 4 is 5.97 Å². The van der Waals surface area contributed by atoms with E-state index in [4.69, 9.17) is 20.4 Å². The first kappa shape index (κ1) is 10.3. The second-order valence-corrected chi connectivity index (χ2v) is 2.25. The molecule has 1 unspecified atom stereocenters. The number of carboxylic acids is 1. The summed E-state index contributed by atoms with van der Waals surface area (Å²) in [4.78, 5) is 10.3. The van der Waals surface area contributed by atoms with Crippen LogP contribution in [0.3, 0.4) is 0 Å². The normalized spacial score (nSPS) is 13.5. The van der Waals surface area contributed by atoms with E-state index in [-0.39, 0.29) is 0 Å². The van der Waals surface area contributed by atoms with Crippen LogP contribution >= 0.6 is 0 Å². The SMILES string of the molecule is O=C(O)C(CO)C(CO)CO. The molecular formula is C6H12O5. The summed E-state index contributed by atoms with van der Waals surface area (Å²) in [6.45, 7) is -1.44. The van der Waals surface area contributed by atoms with Gasteiger partial charge in [-0.25, -0.2) is 0 Å². The highest BCUT2D eigenvalue weighted by molar-refractivity contribution is 5.70. The summed E-state index contributed by atoms with van der Waals surface area (Å²) in [7, 11) is 0. The fourth-order valence-electron chi connectivity index (χ4n) is 0.741. The first-order valence-corrected chi connectivity index (χ1v) is 3.22. The standard InChI is InChI=1S/C6H12O5/c7-1-4(2-8)5(3-9)6(10)11/h4-5,7-9H,1-3H2,(H,10,11). The molecule has 0 heterocycles. The number of carbonyl (C=O) groups is 1. The molecule has 0 fully saturated rings. The smallest absolute Gasteiger partial charge is 0.309 e. The molecule has 0 amide bonds. The molecule has 0 rings (SSSR count). The summed E-state index contributed by atoms with van der Waals surface area (Å²) >= 11 is 0. The monoisotopic (exact) mass is 164 g/mol. The van der Waals surface area contributed by atoms with Gasteiger partial charge in [0.1, 0.15) is 0 Å². The largest absolute Gasteiger partial charge is 0.481 e. The lowest BCUT2D eigenvalue weighted by Gasteiger charge is -2.16. The minimum atomic E-state index is -1.21. The minimum absolute atomic E-state index is 0.436. The number of rotatable bonds is 5. The summed E-state index contributed by atoms with van der Waals surface area (Å²) in [6, 6.07) is 0. The number of carboxylic acid groups (broad SMARTS) is 1. The van der Waals surface area contributed by atoms with Crippen LogP contribution in [0.5, 0.6) is 0 Å². The van der Waals surface area contributed by atoms with Gasteiger partial charge >= 0.3 is 5.97 Å². The Bertz CT molecular complexity index is 120. The average molecular weight is 164 g/mol. The summed E-state index contributed by atoms with van der Waals surface area (Å²) in [6.07, 6.45) is 0. The molecule has 11 heavy (non-hydrogen) atoms. The Morgan fingerprint density at radius 1 is 1.09 bits per heavy atom. The molecule has 4 N–H and O–H groups in total. The van der Waals surface area contributed by atoms with E-state index < -0.39 is 37.6 Å². The van der Waals surface area contributed by atoms with Crippen LogP contribution in [0.15, 0.2) is 0 Å². The number of aliphatic hydroxyl groups is 3. The van der Waals surface area contributed by atoms with Crippen LogP contribution in [0.1, 0.15) is 0 Å². The van der Waals surface area contributed by atoms with E-state index >= 15 is 0 Å². The van der Waals surface area contributed by atoms with Gasteiger partial charge in [-0.15, -0.1) is 0 Å². The molecule has 0 aliphatic heterocycles. The highest BCUT2D eigenvalue weighted by Gasteiger charge is 2.25. The molecule has 0 spiro atoms. The van der Waals surface area contributed by atoms with Crippen molar-refractivity contribution in [3.63, 3.8) is 0 Å². The molecule has 0 bridgehead atoms. The first-order chi connectivity index (χ1) is 5.17. The van der Waals surface area contributed by atoms with E-state index in [2.05, 4.69) is 0 Å². The van der Waals surface area contributed by atoms with Crippen LogP contribution in [0.25, 0.3) is 0 Å². The molecule has 0 radical (unpaired) electrons. The quantitative estimate of drug-likeness (QED) is 0.387. The Morgan fingerprint density at radius 2 is 1.55 bits per heavy atom. The molecule has 0 aliphatic rings. The van der Waals surface area contributed by atoms with Crippen LogP contribution in [0.4, 0.5) is 0 Å². The van der Waals surface area contributed by atoms with Gasteiger partial charge in [-0.2, -0.15) is 0 Å². The Balaban J connectivity index is 4.09. The molecule has 0 aromatic heterocycles. The Hall–Kier alpha value is -0.650. The first-order valence-electron chi connectivity index (χ1n) is 3.22. The highest BCUT2D eigenvalue weighted by Crippen LogP contribution is 2.10. The van der Waals surface area contributed by atoms with E-state index in [1.165, 1.54) is 0 Å². The number of hydrogen-bond acceptors (Lipinski definition) is 4. The maximum Gasteiger partial charge on any atom is 0.309 e. The molecule has 0 aromatic rings. The third kappa shape index (κ3) is 2.83. The maximum atomic E-state index is 10.3. The van der Waals surface area contributed by atoms with Crippen LogP contribution in [-0.2, 0) is 4.79 Å². The Labute approximate surface area is 63.9 Å². The van der Waals surface area contributed by atoms with Gasteiger partial charge in [0, 0.05) is 19.1 Å². The second kappa shape index (κ2) is 5.06. The molecule has 0 saturated carbocycles. The van der Waals surface area contributed by atoms with Crippen molar-refractivity contribution in [1.29, 1.82) is 0 Å². The van der Waals surface area contributed by atoms with Crippen LogP contribution in [0.2, 0.25) is 0 Å². The number of hydrogen-bond donors (Lipinski definition) is 4. The van der Waals surface area contributed by atoms with Gasteiger partial charge in [-0.1, -0.05) is 0 Å². The molecule has 0 aromatic carbocycles. The van der Waals surface area contributed by atoms with Gasteiger partial charge in [0.2, 0.25) is 0 Å². The fraction of sp³-hybridized carbons (Fsp3) is 0.833. The third-order valence-corrected chi connectivity index (χ3v) is 1.55. The van der Waals surface area contributed by atoms with Gasteiger partial charge in [0.05, 0.1) is 12.5 Å². The second-order valence-electron chi connectivity index (χ2n) is 2.25. The molecule has 5 nitrogen and oxygen atoms in total. The third-order valence-electron chi connectivity index (χ3n) is 1.55. The van der Waals surface area contributed by atoms with Crippen molar-refractivity contribution in [3.05, 3.63) is 0 Å². The maximum absolute atomic E-state index is 10.3. The van der Waals surface area contributed by atoms with Gasteiger partial charge in [-0.3, -0.25) is 4.79 Å². The summed E-state index contributed by atoms with van der Waals surface area (Å²) < 4.78 is 0. The van der Waals surface area contributed by atoms with Crippen molar-refractivity contribution in [3.8, 4) is 0 Å². The lowest BCUT2D eigenvalue weighted by molar-refractivity contribution is -0.146. The molecule has 0 aliphatic carbocycles. The number of aliphatic carboxylic acids is 1. The van der Waals surface area contributed by atoms with Crippen molar-refractivity contribution in [2.75, 3.05) is 19.8 Å². The highest BCUT2D eigenvalue weighted by atomic mass is 16.4. The van der Waals surface area contributed by atoms with E-state index in [0.29, 0.717) is 0 Å². The van der Waals surface area contributed by atoms with Gasteiger partial charge in [0.25, 0.3) is 0 Å². The Morgan fingerprint density at radius 3 is 1.64 bits per heavy atom. The summed E-state index contributed by atoms with van der Waals surface area (Å²) in [5.41, 5.74) is 0. The van der Waals surface area contributed by atoms with Crippen molar-refractivity contribution in [2.24, 2.45) is 11.8 Å².